The number of nitro groups is 1. The highest BCUT2D eigenvalue weighted by Gasteiger charge is 2.40. The number of nitro benzene ring substituents is 1. The van der Waals surface area contributed by atoms with E-state index in [4.69, 9.17) is 5.21 Å². The summed E-state index contributed by atoms with van der Waals surface area (Å²) < 4.78 is 0.137. The number of benzene rings is 1. The van der Waals surface area contributed by atoms with Crippen LogP contribution in [0.2, 0.25) is 0 Å². The zero-order valence-corrected chi connectivity index (χ0v) is 12.9. The molecule has 21 heavy (non-hydrogen) atoms. The van der Waals surface area contributed by atoms with Crippen LogP contribution in [0.3, 0.4) is 0 Å². The van der Waals surface area contributed by atoms with Crippen molar-refractivity contribution in [1.82, 2.24) is 0 Å². The van der Waals surface area contributed by atoms with Crippen LogP contribution in [0.5, 0.6) is 0 Å². The second-order valence-corrected chi connectivity index (χ2v) is 5.41. The maximum absolute atomic E-state index is 12.2. The van der Waals surface area contributed by atoms with Gasteiger partial charge in [-0.15, -0.1) is 0 Å². The number of amides is 1. The third-order valence-corrected chi connectivity index (χ3v) is 4.55. The zero-order valence-electron chi connectivity index (χ0n) is 9.72. The molecule has 1 aromatic rings. The van der Waals surface area contributed by atoms with E-state index in [1.807, 2.05) is 0 Å². The predicted octanol–water partition coefficient (Wildman–Crippen LogP) is 1.65. The van der Waals surface area contributed by atoms with Crippen molar-refractivity contribution in [2.75, 3.05) is 5.32 Å². The number of ketones is 2. The number of nitrogens with zero attached hydrogens (tertiary/aromatic N) is 2. The average Bonchev–Trinajstić information content (AvgIpc) is 2.49. The Kier molecular flexibility index (Phi) is 3.87. The number of carbonyl (C=O) groups is 3. The molecule has 0 atom stereocenters. The Morgan fingerprint density at radius 2 is 1.86 bits per heavy atom. The van der Waals surface area contributed by atoms with Crippen LogP contribution in [0.25, 0.3) is 0 Å². The summed E-state index contributed by atoms with van der Waals surface area (Å²) in [6, 6.07) is 1.22. The van der Waals surface area contributed by atoms with Crippen LogP contribution in [0.4, 0.5) is 11.4 Å². The standard InChI is InChI=1S/C10H3Br2N3O6/c11-2-1-3-4(7(5(2)12)15(20)21)8(16)6(14-19)9(17)10(18)13-3/h1,19H,(H,13,18). The molecule has 0 aliphatic carbocycles. The van der Waals surface area contributed by atoms with Crippen LogP contribution in [-0.4, -0.2) is 33.3 Å². The van der Waals surface area contributed by atoms with Crippen molar-refractivity contribution in [2.45, 2.75) is 0 Å². The molecule has 1 amide bonds. The molecule has 0 fully saturated rings. The van der Waals surface area contributed by atoms with Gasteiger partial charge in [0.05, 0.1) is 10.6 Å². The summed E-state index contributed by atoms with van der Waals surface area (Å²) in [5.74, 6) is -3.85. The van der Waals surface area contributed by atoms with Gasteiger partial charge in [-0.3, -0.25) is 24.5 Å². The molecule has 0 saturated carbocycles. The molecule has 11 heteroatoms. The van der Waals surface area contributed by atoms with Crippen LogP contribution < -0.4 is 5.32 Å². The summed E-state index contributed by atoms with van der Waals surface area (Å²) >= 11 is 5.97. The lowest BCUT2D eigenvalue weighted by Gasteiger charge is -2.08. The van der Waals surface area contributed by atoms with Gasteiger partial charge < -0.3 is 10.5 Å². The van der Waals surface area contributed by atoms with Gasteiger partial charge in [-0.25, -0.2) is 0 Å². The molecule has 1 aliphatic heterocycles. The van der Waals surface area contributed by atoms with Gasteiger partial charge in [0.15, 0.2) is 0 Å². The number of carbonyl (C=O) groups excluding carboxylic acids is 3. The first-order valence-electron chi connectivity index (χ1n) is 5.08. The third-order valence-electron chi connectivity index (χ3n) is 2.59. The van der Waals surface area contributed by atoms with E-state index in [0.29, 0.717) is 0 Å². The van der Waals surface area contributed by atoms with E-state index in [0.717, 1.165) is 0 Å². The SMILES string of the molecule is O=C1Nc2cc(Br)c(Br)c([N+](=O)[O-])c2C(=O)C(=NO)C1=O. The van der Waals surface area contributed by atoms with E-state index in [-0.39, 0.29) is 14.6 Å². The highest BCUT2D eigenvalue weighted by atomic mass is 79.9. The molecule has 0 saturated heterocycles. The quantitative estimate of drug-likeness (QED) is 0.306. The van der Waals surface area contributed by atoms with Crippen LogP contribution in [-0.2, 0) is 9.59 Å². The van der Waals surface area contributed by atoms with Crippen molar-refractivity contribution < 1.29 is 24.5 Å². The highest BCUT2D eigenvalue weighted by Crippen LogP contribution is 2.41. The summed E-state index contributed by atoms with van der Waals surface area (Å²) in [6.45, 7) is 0. The van der Waals surface area contributed by atoms with Crippen molar-refractivity contribution >= 4 is 66.4 Å². The fourth-order valence-electron chi connectivity index (χ4n) is 1.71. The van der Waals surface area contributed by atoms with Gasteiger partial charge in [0.25, 0.3) is 17.4 Å². The monoisotopic (exact) mass is 419 g/mol. The van der Waals surface area contributed by atoms with Crippen molar-refractivity contribution in [1.29, 1.82) is 0 Å². The highest BCUT2D eigenvalue weighted by molar-refractivity contribution is 9.13. The lowest BCUT2D eigenvalue weighted by atomic mass is 10.0. The number of hydrogen-bond acceptors (Lipinski definition) is 7. The molecule has 9 nitrogen and oxygen atoms in total. The third kappa shape index (κ3) is 2.34. The Bertz CT molecular complexity index is 758. The number of rotatable bonds is 1. The minimum absolute atomic E-state index is 0.0551. The minimum Gasteiger partial charge on any atom is -0.410 e. The normalized spacial score (nSPS) is 16.5. The predicted molar refractivity (Wildman–Crippen MR) is 75.7 cm³/mol. The molecule has 108 valence electrons. The minimum atomic E-state index is -1.39. The van der Waals surface area contributed by atoms with Crippen LogP contribution in [0, 0.1) is 10.1 Å². The molecule has 1 aliphatic rings. The molecular weight excluding hydrogens is 418 g/mol. The van der Waals surface area contributed by atoms with Crippen molar-refractivity contribution in [3.05, 3.63) is 30.7 Å². The summed E-state index contributed by atoms with van der Waals surface area (Å²) in [5.41, 5.74) is -2.55. The number of fused-ring (bicyclic) bond motifs is 1. The Balaban J connectivity index is 2.90. The molecule has 0 unspecified atom stereocenters. The maximum atomic E-state index is 12.2. The second kappa shape index (κ2) is 5.33. The first-order valence-corrected chi connectivity index (χ1v) is 6.67. The summed E-state index contributed by atoms with van der Waals surface area (Å²) in [5, 5.41) is 24.4. The lowest BCUT2D eigenvalue weighted by Crippen LogP contribution is -2.31. The molecule has 1 heterocycles. The van der Waals surface area contributed by atoms with Crippen LogP contribution >= 0.6 is 31.9 Å². The largest absolute Gasteiger partial charge is 0.410 e. The average molecular weight is 421 g/mol. The Morgan fingerprint density at radius 3 is 2.38 bits per heavy atom. The zero-order chi connectivity index (χ0) is 15.9. The van der Waals surface area contributed by atoms with Gasteiger partial charge in [-0.1, -0.05) is 5.16 Å². The van der Waals surface area contributed by atoms with E-state index in [1.54, 1.807) is 0 Å². The molecular formula is C10H3Br2N3O6. The lowest BCUT2D eigenvalue weighted by molar-refractivity contribution is -0.385. The number of nitrogens with one attached hydrogen (secondary N) is 1. The summed E-state index contributed by atoms with van der Waals surface area (Å²) in [4.78, 5) is 45.6. The topological polar surface area (TPSA) is 139 Å². The van der Waals surface area contributed by atoms with Gasteiger partial charge in [-0.2, -0.15) is 0 Å². The van der Waals surface area contributed by atoms with Crippen LogP contribution in [0.1, 0.15) is 10.4 Å². The Labute approximate surface area is 132 Å². The molecule has 0 aromatic heterocycles. The van der Waals surface area contributed by atoms with E-state index >= 15 is 0 Å². The number of anilines is 1. The Morgan fingerprint density at radius 1 is 1.24 bits per heavy atom. The Hall–Kier alpha value is -2.14. The molecule has 0 bridgehead atoms. The van der Waals surface area contributed by atoms with Gasteiger partial charge in [-0.05, 0) is 37.9 Å². The van der Waals surface area contributed by atoms with Crippen LogP contribution in [0.15, 0.2) is 20.2 Å². The fourth-order valence-corrected chi connectivity index (χ4v) is 2.59. The summed E-state index contributed by atoms with van der Waals surface area (Å²) in [7, 11) is 0. The van der Waals surface area contributed by atoms with E-state index in [9.17, 15) is 24.5 Å². The van der Waals surface area contributed by atoms with E-state index < -0.39 is 39.4 Å². The fraction of sp³-hybridized carbons (Fsp3) is 0. The van der Waals surface area contributed by atoms with Gasteiger partial charge in [0.1, 0.15) is 10.0 Å². The van der Waals surface area contributed by atoms with Crippen molar-refractivity contribution in [3.8, 4) is 0 Å². The molecule has 2 rings (SSSR count). The second-order valence-electron chi connectivity index (χ2n) is 3.76. The van der Waals surface area contributed by atoms with Crippen molar-refractivity contribution in [3.63, 3.8) is 0 Å². The van der Waals surface area contributed by atoms with Gasteiger partial charge in [0.2, 0.25) is 11.5 Å². The van der Waals surface area contributed by atoms with Crippen molar-refractivity contribution in [2.24, 2.45) is 5.16 Å². The molecule has 2 N–H and O–H groups in total. The number of hydrogen-bond donors (Lipinski definition) is 2. The molecule has 0 spiro atoms. The first-order chi connectivity index (χ1) is 9.79. The smallest absolute Gasteiger partial charge is 0.298 e. The van der Waals surface area contributed by atoms with E-state index in [1.165, 1.54) is 6.07 Å². The van der Waals surface area contributed by atoms with Gasteiger partial charge >= 0.3 is 0 Å². The maximum Gasteiger partial charge on any atom is 0.298 e. The van der Waals surface area contributed by atoms with E-state index in [2.05, 4.69) is 42.3 Å². The van der Waals surface area contributed by atoms with Gasteiger partial charge in [0, 0.05) is 4.47 Å². The number of oxime groups is 1. The summed E-state index contributed by atoms with van der Waals surface area (Å²) in [6.07, 6.45) is 0. The first kappa shape index (κ1) is 15.3. The number of Topliss-reactive ketones (excluding diaryl/α,β-unsaturated/α-hetero) is 2. The molecule has 0 radical (unpaired) electrons. The number of halogens is 2. The molecule has 1 aromatic carbocycles.